The Labute approximate surface area is 161 Å². The lowest BCUT2D eigenvalue weighted by Crippen LogP contribution is -2.36. The second-order valence-electron chi connectivity index (χ2n) is 7.06. The minimum absolute atomic E-state index is 0.0538. The Kier molecular flexibility index (Phi) is 6.16. The molecule has 0 saturated heterocycles. The Bertz CT molecular complexity index is 856. The maximum atomic E-state index is 12.8. The highest BCUT2D eigenvalue weighted by atomic mass is 32.2. The van der Waals surface area contributed by atoms with Crippen LogP contribution < -0.4 is 4.72 Å². The summed E-state index contributed by atoms with van der Waals surface area (Å²) in [6, 6.07) is 15.2. The number of hydrogen-bond acceptors (Lipinski definition) is 3. The summed E-state index contributed by atoms with van der Waals surface area (Å²) >= 11 is 0. The van der Waals surface area contributed by atoms with E-state index in [1.165, 1.54) is 25.0 Å². The van der Waals surface area contributed by atoms with Crippen LogP contribution in [-0.4, -0.2) is 32.3 Å². The number of nitrogens with zero attached hydrogens (tertiary/aromatic N) is 1. The summed E-state index contributed by atoms with van der Waals surface area (Å²) in [7, 11) is -1.83. The Morgan fingerprint density at radius 3 is 2.11 bits per heavy atom. The number of carbonyl (C=O) groups is 1. The van der Waals surface area contributed by atoms with Crippen LogP contribution in [0.5, 0.6) is 0 Å². The monoisotopic (exact) mass is 386 g/mol. The van der Waals surface area contributed by atoms with Gasteiger partial charge in [0.1, 0.15) is 0 Å². The topological polar surface area (TPSA) is 66.5 Å². The largest absolute Gasteiger partial charge is 0.339 e. The molecule has 0 unspecified atom stereocenters. The predicted octanol–water partition coefficient (Wildman–Crippen LogP) is 4.28. The van der Waals surface area contributed by atoms with Crippen LogP contribution in [0.25, 0.3) is 0 Å². The van der Waals surface area contributed by atoms with Crippen LogP contribution in [0.1, 0.15) is 48.9 Å². The van der Waals surface area contributed by atoms with E-state index in [-0.39, 0.29) is 16.8 Å². The van der Waals surface area contributed by atoms with Gasteiger partial charge in [0, 0.05) is 24.3 Å². The SMILES string of the molecule is CN(C(=O)c1ccc(S(=O)(=O)Nc2ccccc2)cc1)C1CCCCCC1. The molecule has 5 nitrogen and oxygen atoms in total. The van der Waals surface area contributed by atoms with Crippen LogP contribution in [-0.2, 0) is 10.0 Å². The van der Waals surface area contributed by atoms with Crippen LogP contribution >= 0.6 is 0 Å². The molecule has 27 heavy (non-hydrogen) atoms. The first-order valence-electron chi connectivity index (χ1n) is 9.42. The van der Waals surface area contributed by atoms with Crippen molar-refractivity contribution in [3.63, 3.8) is 0 Å². The highest BCUT2D eigenvalue weighted by molar-refractivity contribution is 7.92. The molecule has 0 spiro atoms. The summed E-state index contributed by atoms with van der Waals surface area (Å²) in [6.07, 6.45) is 6.86. The van der Waals surface area contributed by atoms with E-state index in [2.05, 4.69) is 4.72 Å². The Morgan fingerprint density at radius 1 is 0.926 bits per heavy atom. The third kappa shape index (κ3) is 4.89. The Hall–Kier alpha value is -2.34. The van der Waals surface area contributed by atoms with Gasteiger partial charge in [-0.1, -0.05) is 43.9 Å². The number of para-hydroxylation sites is 1. The van der Waals surface area contributed by atoms with Gasteiger partial charge in [-0.25, -0.2) is 8.42 Å². The molecule has 0 aromatic heterocycles. The summed E-state index contributed by atoms with van der Waals surface area (Å²) in [6.45, 7) is 0. The fourth-order valence-electron chi connectivity index (χ4n) is 3.51. The fraction of sp³-hybridized carbons (Fsp3) is 0.381. The second kappa shape index (κ2) is 8.57. The van der Waals surface area contributed by atoms with Gasteiger partial charge < -0.3 is 4.90 Å². The quantitative estimate of drug-likeness (QED) is 0.780. The number of benzene rings is 2. The van der Waals surface area contributed by atoms with Crippen molar-refractivity contribution in [2.24, 2.45) is 0 Å². The molecule has 1 saturated carbocycles. The highest BCUT2D eigenvalue weighted by Crippen LogP contribution is 2.23. The summed E-state index contributed by atoms with van der Waals surface area (Å²) in [5, 5.41) is 0. The van der Waals surface area contributed by atoms with E-state index >= 15 is 0 Å². The molecule has 1 amide bonds. The van der Waals surface area contributed by atoms with Gasteiger partial charge in [-0.2, -0.15) is 0 Å². The number of anilines is 1. The molecule has 1 N–H and O–H groups in total. The molecule has 0 atom stereocenters. The van der Waals surface area contributed by atoms with E-state index in [0.29, 0.717) is 11.3 Å². The predicted molar refractivity (Wildman–Crippen MR) is 107 cm³/mol. The Balaban J connectivity index is 1.71. The summed E-state index contributed by atoms with van der Waals surface area (Å²) in [5.74, 6) is -0.0538. The third-order valence-corrected chi connectivity index (χ3v) is 6.53. The van der Waals surface area contributed by atoms with Gasteiger partial charge in [-0.05, 0) is 49.2 Å². The van der Waals surface area contributed by atoms with Crippen molar-refractivity contribution >= 4 is 21.6 Å². The number of amides is 1. The molecule has 0 aliphatic heterocycles. The average Bonchev–Trinajstić information content (AvgIpc) is 2.97. The third-order valence-electron chi connectivity index (χ3n) is 5.13. The number of sulfonamides is 1. The second-order valence-corrected chi connectivity index (χ2v) is 8.74. The van der Waals surface area contributed by atoms with Gasteiger partial charge in [-0.15, -0.1) is 0 Å². The van der Waals surface area contributed by atoms with Crippen molar-refractivity contribution < 1.29 is 13.2 Å². The first-order valence-corrected chi connectivity index (χ1v) is 10.9. The molecular formula is C21H26N2O3S. The van der Waals surface area contributed by atoms with Crippen molar-refractivity contribution in [3.05, 3.63) is 60.2 Å². The molecule has 0 bridgehead atoms. The van der Waals surface area contributed by atoms with Crippen LogP contribution in [0.4, 0.5) is 5.69 Å². The standard InChI is InChI=1S/C21H26N2O3S/c1-23(19-11-7-2-3-8-12-19)21(24)17-13-15-20(16-14-17)27(25,26)22-18-9-5-4-6-10-18/h4-6,9-10,13-16,19,22H,2-3,7-8,11-12H2,1H3. The number of carbonyl (C=O) groups excluding carboxylic acids is 1. The summed E-state index contributed by atoms with van der Waals surface area (Å²) in [5.41, 5.74) is 1.02. The van der Waals surface area contributed by atoms with E-state index in [9.17, 15) is 13.2 Å². The number of rotatable bonds is 5. The van der Waals surface area contributed by atoms with E-state index < -0.39 is 10.0 Å². The lowest BCUT2D eigenvalue weighted by atomic mass is 10.1. The van der Waals surface area contributed by atoms with Crippen molar-refractivity contribution in [3.8, 4) is 0 Å². The van der Waals surface area contributed by atoms with Gasteiger partial charge in [0.15, 0.2) is 0 Å². The fourth-order valence-corrected chi connectivity index (χ4v) is 4.57. The first kappa shape index (κ1) is 19.4. The zero-order valence-electron chi connectivity index (χ0n) is 15.6. The maximum Gasteiger partial charge on any atom is 0.261 e. The maximum absolute atomic E-state index is 12.8. The first-order chi connectivity index (χ1) is 13.0. The number of nitrogens with one attached hydrogen (secondary N) is 1. The van der Waals surface area contributed by atoms with Crippen molar-refractivity contribution in [1.82, 2.24) is 4.90 Å². The van der Waals surface area contributed by atoms with E-state index in [1.807, 2.05) is 18.0 Å². The van der Waals surface area contributed by atoms with Crippen molar-refractivity contribution in [2.75, 3.05) is 11.8 Å². The van der Waals surface area contributed by atoms with Crippen LogP contribution in [0.2, 0.25) is 0 Å². The van der Waals surface area contributed by atoms with Crippen molar-refractivity contribution in [2.45, 2.75) is 49.5 Å². The molecule has 1 fully saturated rings. The molecule has 6 heteroatoms. The minimum Gasteiger partial charge on any atom is -0.339 e. The minimum atomic E-state index is -3.68. The van der Waals surface area contributed by atoms with E-state index in [4.69, 9.17) is 0 Å². The summed E-state index contributed by atoms with van der Waals surface area (Å²) in [4.78, 5) is 14.7. The Morgan fingerprint density at radius 2 is 1.52 bits per heavy atom. The number of hydrogen-bond donors (Lipinski definition) is 1. The van der Waals surface area contributed by atoms with Crippen LogP contribution in [0.3, 0.4) is 0 Å². The molecule has 1 aliphatic rings. The molecule has 0 heterocycles. The normalized spacial score (nSPS) is 15.7. The van der Waals surface area contributed by atoms with E-state index in [1.54, 1.807) is 36.4 Å². The average molecular weight is 387 g/mol. The molecule has 0 radical (unpaired) electrons. The molecular weight excluding hydrogens is 360 g/mol. The van der Waals surface area contributed by atoms with Crippen molar-refractivity contribution in [1.29, 1.82) is 0 Å². The van der Waals surface area contributed by atoms with Gasteiger partial charge in [-0.3, -0.25) is 9.52 Å². The zero-order valence-corrected chi connectivity index (χ0v) is 16.4. The smallest absolute Gasteiger partial charge is 0.261 e. The highest BCUT2D eigenvalue weighted by Gasteiger charge is 2.23. The summed E-state index contributed by atoms with van der Waals surface area (Å²) < 4.78 is 27.5. The van der Waals surface area contributed by atoms with Gasteiger partial charge in [0.2, 0.25) is 0 Å². The van der Waals surface area contributed by atoms with Crippen LogP contribution in [0, 0.1) is 0 Å². The molecule has 2 aromatic rings. The lowest BCUT2D eigenvalue weighted by molar-refractivity contribution is 0.0717. The lowest BCUT2D eigenvalue weighted by Gasteiger charge is -2.27. The molecule has 1 aliphatic carbocycles. The van der Waals surface area contributed by atoms with Gasteiger partial charge >= 0.3 is 0 Å². The van der Waals surface area contributed by atoms with Gasteiger partial charge in [0.25, 0.3) is 15.9 Å². The van der Waals surface area contributed by atoms with E-state index in [0.717, 1.165) is 25.7 Å². The molecule has 2 aromatic carbocycles. The molecule has 144 valence electrons. The van der Waals surface area contributed by atoms with Gasteiger partial charge in [0.05, 0.1) is 4.90 Å². The van der Waals surface area contributed by atoms with Crippen LogP contribution in [0.15, 0.2) is 59.5 Å². The molecule has 3 rings (SSSR count). The zero-order chi connectivity index (χ0) is 19.3.